The van der Waals surface area contributed by atoms with Crippen LogP contribution in [0.2, 0.25) is 0 Å². The lowest BCUT2D eigenvalue weighted by molar-refractivity contribution is -0.136. The van der Waals surface area contributed by atoms with Crippen molar-refractivity contribution in [1.29, 1.82) is 0 Å². The maximum atomic E-state index is 12.8. The molecule has 0 aliphatic heterocycles. The number of ether oxygens (including phenoxy) is 1. The minimum absolute atomic E-state index is 0.371. The molecule has 168 valence electrons. The van der Waals surface area contributed by atoms with Crippen LogP contribution in [0.3, 0.4) is 0 Å². The van der Waals surface area contributed by atoms with Gasteiger partial charge in [-0.2, -0.15) is 5.10 Å². The molecule has 5 nitrogen and oxygen atoms in total. The van der Waals surface area contributed by atoms with Gasteiger partial charge in [0.05, 0.1) is 34.2 Å². The van der Waals surface area contributed by atoms with Crippen LogP contribution in [0, 0.1) is 3.57 Å². The molecule has 0 unspecified atom stereocenters. The van der Waals surface area contributed by atoms with Crippen LogP contribution in [0.25, 0.3) is 33.9 Å². The molecule has 0 radical (unpaired) electrons. The lowest BCUT2D eigenvalue weighted by atomic mass is 10.1. The van der Waals surface area contributed by atoms with Gasteiger partial charge in [0.2, 0.25) is 0 Å². The van der Waals surface area contributed by atoms with Crippen LogP contribution in [0.15, 0.2) is 103 Å². The van der Waals surface area contributed by atoms with E-state index in [9.17, 15) is 4.79 Å². The van der Waals surface area contributed by atoms with Crippen LogP contribution in [-0.4, -0.2) is 27.4 Å². The molecule has 0 aliphatic rings. The number of aromatic nitrogens is 3. The topological polar surface area (TPSA) is 49.0 Å². The van der Waals surface area contributed by atoms with Crippen molar-refractivity contribution >= 4 is 45.5 Å². The van der Waals surface area contributed by atoms with Gasteiger partial charge in [-0.05, 0) is 58.3 Å². The fourth-order valence-corrected chi connectivity index (χ4v) is 4.84. The summed E-state index contributed by atoms with van der Waals surface area (Å²) in [6.07, 6.45) is 3.83. The summed E-state index contributed by atoms with van der Waals surface area (Å²) in [5.41, 5.74) is 5.30. The number of carbonyl (C=O) groups excluding carboxylic acids is 1. The summed E-state index contributed by atoms with van der Waals surface area (Å²) in [7, 11) is 1.41. The number of para-hydroxylation sites is 2. The van der Waals surface area contributed by atoms with E-state index in [1.165, 1.54) is 7.11 Å². The number of methoxy groups -OCH3 is 1. The lowest BCUT2D eigenvalue weighted by Gasteiger charge is -2.08. The highest BCUT2D eigenvalue weighted by molar-refractivity contribution is 14.1. The number of rotatable bonds is 6. The van der Waals surface area contributed by atoms with Gasteiger partial charge < -0.3 is 9.30 Å². The Morgan fingerprint density at radius 2 is 1.62 bits per heavy atom. The molecule has 6 heteroatoms. The van der Waals surface area contributed by atoms with Crippen LogP contribution in [0.1, 0.15) is 5.69 Å². The Morgan fingerprint density at radius 3 is 2.35 bits per heavy atom. The Kier molecular flexibility index (Phi) is 6.31. The first kappa shape index (κ1) is 22.2. The van der Waals surface area contributed by atoms with Crippen molar-refractivity contribution in [1.82, 2.24) is 14.3 Å². The second-order valence-electron chi connectivity index (χ2n) is 7.82. The van der Waals surface area contributed by atoms with E-state index in [1.54, 1.807) is 0 Å². The van der Waals surface area contributed by atoms with Crippen LogP contribution in [-0.2, 0) is 16.1 Å². The first-order chi connectivity index (χ1) is 16.7. The number of nitrogens with zero attached hydrogens (tertiary/aromatic N) is 3. The molecule has 2 aromatic heterocycles. The van der Waals surface area contributed by atoms with Crippen LogP contribution in [0.5, 0.6) is 0 Å². The van der Waals surface area contributed by atoms with E-state index in [4.69, 9.17) is 9.84 Å². The molecule has 0 N–H and O–H groups in total. The van der Waals surface area contributed by atoms with Gasteiger partial charge in [-0.25, -0.2) is 9.48 Å². The summed E-state index contributed by atoms with van der Waals surface area (Å²) in [5, 5.41) is 6.05. The van der Waals surface area contributed by atoms with Gasteiger partial charge in [0.25, 0.3) is 0 Å². The molecule has 0 atom stereocenters. The molecule has 0 saturated carbocycles. The van der Waals surface area contributed by atoms with Crippen molar-refractivity contribution in [3.05, 3.63) is 112 Å². The molecule has 5 rings (SSSR count). The van der Waals surface area contributed by atoms with E-state index in [1.807, 2.05) is 89.8 Å². The third-order valence-electron chi connectivity index (χ3n) is 5.68. The number of esters is 1. The first-order valence-corrected chi connectivity index (χ1v) is 12.0. The fraction of sp³-hybridized carbons (Fsp3) is 0.0714. The molecule has 0 amide bonds. The van der Waals surface area contributed by atoms with E-state index in [0.29, 0.717) is 12.1 Å². The second-order valence-corrected chi connectivity index (χ2v) is 8.90. The predicted molar refractivity (Wildman–Crippen MR) is 144 cm³/mol. The second kappa shape index (κ2) is 9.69. The Labute approximate surface area is 211 Å². The molecule has 0 bridgehead atoms. The summed E-state index contributed by atoms with van der Waals surface area (Å²) in [6, 6.07) is 30.3. The minimum atomic E-state index is -0.371. The quantitative estimate of drug-likeness (QED) is 0.138. The van der Waals surface area contributed by atoms with Gasteiger partial charge in [0.1, 0.15) is 5.69 Å². The largest absolute Gasteiger partial charge is 0.466 e. The molecule has 0 spiro atoms. The highest BCUT2D eigenvalue weighted by atomic mass is 127. The fourth-order valence-electron chi connectivity index (χ4n) is 4.04. The Hall–Kier alpha value is -3.65. The standard InChI is InChI=1S/C28H22IN3O2/c1-34-28(33)22(19-31-17-16-20-10-8-9-15-25(20)31)18-24-26(29)27(21-11-4-2-5-12-21)32(30-24)23-13-6-3-7-14-23/h2-18H,19H2,1H3/b22-18+. The zero-order valence-corrected chi connectivity index (χ0v) is 20.7. The van der Waals surface area contributed by atoms with Crippen molar-refractivity contribution in [2.24, 2.45) is 0 Å². The zero-order valence-electron chi connectivity index (χ0n) is 18.6. The van der Waals surface area contributed by atoms with Crippen molar-refractivity contribution < 1.29 is 9.53 Å². The van der Waals surface area contributed by atoms with E-state index in [0.717, 1.165) is 37.1 Å². The number of carbonyl (C=O) groups is 1. The van der Waals surface area contributed by atoms with Crippen LogP contribution < -0.4 is 0 Å². The van der Waals surface area contributed by atoms with Gasteiger partial charge in [-0.3, -0.25) is 0 Å². The maximum Gasteiger partial charge on any atom is 0.335 e. The van der Waals surface area contributed by atoms with E-state index in [2.05, 4.69) is 45.4 Å². The molecule has 0 fully saturated rings. The molecule has 2 heterocycles. The summed E-state index contributed by atoms with van der Waals surface area (Å²) >= 11 is 2.32. The molecule has 0 saturated heterocycles. The number of benzene rings is 3. The Morgan fingerprint density at radius 1 is 0.941 bits per heavy atom. The molecule has 34 heavy (non-hydrogen) atoms. The smallest absolute Gasteiger partial charge is 0.335 e. The number of hydrogen-bond donors (Lipinski definition) is 0. The van der Waals surface area contributed by atoms with Crippen LogP contribution in [0.4, 0.5) is 0 Å². The van der Waals surface area contributed by atoms with Gasteiger partial charge in [-0.15, -0.1) is 0 Å². The SMILES string of the molecule is COC(=O)/C(=C/c1nn(-c2ccccc2)c(-c2ccccc2)c1I)Cn1ccc2ccccc21. The average molecular weight is 559 g/mol. The molecular weight excluding hydrogens is 537 g/mol. The van der Waals surface area contributed by atoms with Crippen molar-refractivity contribution in [3.8, 4) is 16.9 Å². The number of halogens is 1. The lowest BCUT2D eigenvalue weighted by Crippen LogP contribution is -2.11. The molecule has 3 aromatic carbocycles. The van der Waals surface area contributed by atoms with E-state index in [-0.39, 0.29) is 5.97 Å². The highest BCUT2D eigenvalue weighted by Gasteiger charge is 2.20. The van der Waals surface area contributed by atoms with E-state index < -0.39 is 0 Å². The highest BCUT2D eigenvalue weighted by Crippen LogP contribution is 2.32. The van der Waals surface area contributed by atoms with Crippen molar-refractivity contribution in [2.75, 3.05) is 7.11 Å². The zero-order chi connectivity index (χ0) is 23.5. The average Bonchev–Trinajstić information content (AvgIpc) is 3.45. The number of hydrogen-bond acceptors (Lipinski definition) is 3. The van der Waals surface area contributed by atoms with Crippen LogP contribution >= 0.6 is 22.6 Å². The normalized spacial score (nSPS) is 11.6. The molecule has 5 aromatic rings. The van der Waals surface area contributed by atoms with Crippen molar-refractivity contribution in [2.45, 2.75) is 6.54 Å². The maximum absolute atomic E-state index is 12.8. The predicted octanol–water partition coefficient (Wildman–Crippen LogP) is 6.36. The third-order valence-corrected chi connectivity index (χ3v) is 6.74. The van der Waals surface area contributed by atoms with Crippen molar-refractivity contribution in [3.63, 3.8) is 0 Å². The summed E-state index contributed by atoms with van der Waals surface area (Å²) in [4.78, 5) is 12.8. The first-order valence-electron chi connectivity index (χ1n) is 10.9. The van der Waals surface area contributed by atoms with Gasteiger partial charge in [-0.1, -0.05) is 66.7 Å². The third kappa shape index (κ3) is 4.28. The molecular formula is C28H22IN3O2. The Bertz CT molecular complexity index is 1480. The van der Waals surface area contributed by atoms with E-state index >= 15 is 0 Å². The summed E-state index contributed by atoms with van der Waals surface area (Å²) in [5.74, 6) is -0.371. The summed E-state index contributed by atoms with van der Waals surface area (Å²) < 4.78 is 10.1. The number of fused-ring (bicyclic) bond motifs is 1. The Balaban J connectivity index is 1.64. The van der Waals surface area contributed by atoms with Gasteiger partial charge in [0.15, 0.2) is 0 Å². The minimum Gasteiger partial charge on any atom is -0.466 e. The monoisotopic (exact) mass is 559 g/mol. The van der Waals surface area contributed by atoms with Gasteiger partial charge >= 0.3 is 5.97 Å². The summed E-state index contributed by atoms with van der Waals surface area (Å²) in [6.45, 7) is 0.384. The molecule has 0 aliphatic carbocycles. The van der Waals surface area contributed by atoms with Gasteiger partial charge in [0, 0.05) is 17.3 Å².